The van der Waals surface area contributed by atoms with Gasteiger partial charge in [-0.3, -0.25) is 0 Å². The van der Waals surface area contributed by atoms with Crippen LogP contribution >= 0.6 is 0 Å². The second-order valence-electron chi connectivity index (χ2n) is 5.98. The monoisotopic (exact) mass is 481 g/mol. The molecule has 0 aliphatic carbocycles. The van der Waals surface area contributed by atoms with Crippen LogP contribution in [0.5, 0.6) is 0 Å². The Hall–Kier alpha value is -1.50. The van der Waals surface area contributed by atoms with Gasteiger partial charge in [0, 0.05) is 0 Å². The second-order valence-corrected chi connectivity index (χ2v) is 7.27. The molecule has 23 heavy (non-hydrogen) atoms. The Kier molecular flexibility index (Phi) is 5.59. The zero-order valence-corrected chi connectivity index (χ0v) is 15.9. The maximum atomic E-state index is 4.65. The number of hydrogen-bond donors (Lipinski definition) is 0. The number of fused-ring (bicyclic) bond motifs is 1. The van der Waals surface area contributed by atoms with Crippen molar-refractivity contribution < 1.29 is 18.9 Å². The first-order valence-electron chi connectivity index (χ1n) is 8.40. The van der Waals surface area contributed by atoms with E-state index in [2.05, 4.69) is 79.3 Å². The summed E-state index contributed by atoms with van der Waals surface area (Å²) in [6.45, 7) is 2.26. The van der Waals surface area contributed by atoms with Crippen LogP contribution in [0.2, 0.25) is 0 Å². The molecule has 2 heteroatoms. The molecule has 0 aliphatic rings. The van der Waals surface area contributed by atoms with E-state index in [-0.39, 0.29) is 0 Å². The molecular formula is C21H22IrN. The fourth-order valence-corrected chi connectivity index (χ4v) is 3.91. The van der Waals surface area contributed by atoms with Crippen LogP contribution in [0.1, 0.15) is 38.2 Å². The average Bonchev–Trinajstić information content (AvgIpc) is 2.59. The van der Waals surface area contributed by atoms with Gasteiger partial charge in [0.2, 0.25) is 0 Å². The molecule has 0 saturated carbocycles. The van der Waals surface area contributed by atoms with Crippen molar-refractivity contribution in [1.82, 2.24) is 4.98 Å². The van der Waals surface area contributed by atoms with Crippen LogP contribution in [-0.4, -0.2) is 4.98 Å². The van der Waals surface area contributed by atoms with Crippen LogP contribution in [0.15, 0.2) is 54.7 Å². The molecule has 0 bridgehead atoms. The number of aromatic nitrogens is 1. The number of aryl methyl sites for hydroxylation is 1. The molecule has 0 unspecified atom stereocenters. The third-order valence-electron chi connectivity index (χ3n) is 4.26. The molecule has 0 fully saturated rings. The quantitative estimate of drug-likeness (QED) is 0.442. The summed E-state index contributed by atoms with van der Waals surface area (Å²) in [4.78, 5) is 4.65. The first kappa shape index (κ1) is 16.4. The van der Waals surface area contributed by atoms with Crippen molar-refractivity contribution in [1.29, 1.82) is 0 Å². The normalized spacial score (nSPS) is 11.1. The molecule has 120 valence electrons. The van der Waals surface area contributed by atoms with Crippen LogP contribution in [-0.2, 0) is 25.3 Å². The molecule has 0 spiro atoms. The van der Waals surface area contributed by atoms with Crippen molar-refractivity contribution in [3.05, 3.63) is 60.3 Å². The zero-order valence-electron chi connectivity index (χ0n) is 13.5. The Morgan fingerprint density at radius 2 is 1.83 bits per heavy atom. The SMILES string of the molecule is CCCCCCc1ccc(-c2nccc3ccccc23)[c]([Ir])c1. The van der Waals surface area contributed by atoms with Gasteiger partial charge in [-0.05, 0) is 0 Å². The van der Waals surface area contributed by atoms with E-state index in [0.717, 1.165) is 5.69 Å². The summed E-state index contributed by atoms with van der Waals surface area (Å²) in [5.74, 6) is 0. The fourth-order valence-electron chi connectivity index (χ4n) is 2.98. The summed E-state index contributed by atoms with van der Waals surface area (Å²) in [6.07, 6.45) is 8.36. The molecule has 1 aromatic heterocycles. The van der Waals surface area contributed by atoms with Gasteiger partial charge in [-0.15, -0.1) is 0 Å². The Morgan fingerprint density at radius 3 is 2.65 bits per heavy atom. The van der Waals surface area contributed by atoms with Crippen LogP contribution in [0.25, 0.3) is 22.0 Å². The summed E-state index contributed by atoms with van der Waals surface area (Å²) >= 11 is 2.20. The third kappa shape index (κ3) is 3.88. The molecule has 2 aromatic carbocycles. The molecule has 3 rings (SSSR count). The number of nitrogens with zero attached hydrogens (tertiary/aromatic N) is 1. The molecule has 1 nitrogen and oxygen atoms in total. The van der Waals surface area contributed by atoms with E-state index in [1.807, 2.05) is 6.20 Å². The van der Waals surface area contributed by atoms with Crippen LogP contribution in [0.3, 0.4) is 0 Å². The van der Waals surface area contributed by atoms with Crippen LogP contribution < -0.4 is 4.08 Å². The first-order valence-corrected chi connectivity index (χ1v) is 9.59. The van der Waals surface area contributed by atoms with Gasteiger partial charge >= 0.3 is 149 Å². The Morgan fingerprint density at radius 1 is 0.957 bits per heavy atom. The van der Waals surface area contributed by atoms with Gasteiger partial charge in [0.1, 0.15) is 0 Å². The van der Waals surface area contributed by atoms with Crippen LogP contribution in [0, 0.1) is 0 Å². The van der Waals surface area contributed by atoms with Gasteiger partial charge in [0.15, 0.2) is 0 Å². The predicted molar refractivity (Wildman–Crippen MR) is 94.7 cm³/mol. The summed E-state index contributed by atoms with van der Waals surface area (Å²) in [6, 6.07) is 17.4. The Bertz CT molecular complexity index is 789. The Balaban J connectivity index is 1.88. The van der Waals surface area contributed by atoms with Crippen molar-refractivity contribution in [2.24, 2.45) is 0 Å². The van der Waals surface area contributed by atoms with E-state index >= 15 is 0 Å². The van der Waals surface area contributed by atoms with Crippen molar-refractivity contribution in [3.8, 4) is 11.3 Å². The summed E-state index contributed by atoms with van der Waals surface area (Å²) in [7, 11) is 0. The molecule has 0 atom stereocenters. The molecular weight excluding hydrogens is 458 g/mol. The van der Waals surface area contributed by atoms with E-state index in [4.69, 9.17) is 0 Å². The van der Waals surface area contributed by atoms with Gasteiger partial charge < -0.3 is 0 Å². The predicted octanol–water partition coefficient (Wildman–Crippen LogP) is 5.20. The molecule has 3 aromatic rings. The number of benzene rings is 2. The molecule has 0 N–H and O–H groups in total. The van der Waals surface area contributed by atoms with E-state index in [1.54, 1.807) is 0 Å². The molecule has 0 radical (unpaired) electrons. The maximum absolute atomic E-state index is 4.65. The van der Waals surface area contributed by atoms with Gasteiger partial charge in [0.25, 0.3) is 0 Å². The summed E-state index contributed by atoms with van der Waals surface area (Å²) < 4.78 is 1.32. The molecule has 0 amide bonds. The number of hydrogen-bond acceptors (Lipinski definition) is 1. The van der Waals surface area contributed by atoms with Crippen molar-refractivity contribution in [2.45, 2.75) is 39.0 Å². The fraction of sp³-hybridized carbons (Fsp3) is 0.286. The van der Waals surface area contributed by atoms with Crippen molar-refractivity contribution >= 4 is 14.8 Å². The van der Waals surface area contributed by atoms with Gasteiger partial charge in [-0.2, -0.15) is 0 Å². The average molecular weight is 481 g/mol. The molecule has 0 saturated heterocycles. The van der Waals surface area contributed by atoms with Crippen molar-refractivity contribution in [2.75, 3.05) is 0 Å². The van der Waals surface area contributed by atoms with Crippen LogP contribution in [0.4, 0.5) is 0 Å². The number of rotatable bonds is 6. The standard InChI is InChI=1S/C21H22N.Ir/c1-2-3-4-5-8-17-11-13-19(14-12-17)21-20-10-7-6-9-18(20)15-16-22-21;/h6-7,9-13,15-16H,2-5,8H2,1H3;. The molecule has 0 aliphatic heterocycles. The number of pyridine rings is 1. The van der Waals surface area contributed by atoms with E-state index < -0.39 is 0 Å². The zero-order chi connectivity index (χ0) is 16.1. The van der Waals surface area contributed by atoms with E-state index in [9.17, 15) is 0 Å². The topological polar surface area (TPSA) is 12.9 Å². The van der Waals surface area contributed by atoms with Gasteiger partial charge in [-0.25, -0.2) is 0 Å². The minimum atomic E-state index is 1.10. The Labute approximate surface area is 149 Å². The number of unbranched alkanes of at least 4 members (excludes halogenated alkanes) is 3. The summed E-state index contributed by atoms with van der Waals surface area (Å²) in [5, 5.41) is 2.48. The van der Waals surface area contributed by atoms with Gasteiger partial charge in [-0.1, -0.05) is 0 Å². The second kappa shape index (κ2) is 7.86. The summed E-state index contributed by atoms with van der Waals surface area (Å²) in [5.41, 5.74) is 3.79. The van der Waals surface area contributed by atoms with E-state index in [0.29, 0.717) is 0 Å². The first-order chi connectivity index (χ1) is 11.3. The third-order valence-corrected chi connectivity index (χ3v) is 5.25. The van der Waals surface area contributed by atoms with Gasteiger partial charge in [0.05, 0.1) is 0 Å². The molecule has 1 heterocycles. The minimum absolute atomic E-state index is 1.10. The van der Waals surface area contributed by atoms with E-state index in [1.165, 1.54) is 58.1 Å². The van der Waals surface area contributed by atoms with Crippen molar-refractivity contribution in [3.63, 3.8) is 0 Å².